The van der Waals surface area contributed by atoms with Gasteiger partial charge in [-0.15, -0.1) is 0 Å². The Balaban J connectivity index is 2.19. The first-order valence-corrected chi connectivity index (χ1v) is 7.03. The number of hydrogen-bond donors (Lipinski definition) is 2. The van der Waals surface area contributed by atoms with Gasteiger partial charge in [0.2, 0.25) is 0 Å². The molecule has 6 nitrogen and oxygen atoms in total. The summed E-state index contributed by atoms with van der Waals surface area (Å²) in [5, 5.41) is 11.8. The number of amides is 1. The van der Waals surface area contributed by atoms with E-state index >= 15 is 0 Å². The number of fused-ring (bicyclic) bond motifs is 1. The van der Waals surface area contributed by atoms with Gasteiger partial charge >= 0.3 is 5.97 Å². The second kappa shape index (κ2) is 6.67. The summed E-state index contributed by atoms with van der Waals surface area (Å²) >= 11 is 6.05. The van der Waals surface area contributed by atoms with E-state index in [4.69, 9.17) is 26.2 Å². The number of halogens is 1. The van der Waals surface area contributed by atoms with Gasteiger partial charge < -0.3 is 19.9 Å². The van der Waals surface area contributed by atoms with Crippen LogP contribution in [-0.4, -0.2) is 36.2 Å². The molecule has 0 saturated heterocycles. The number of carbonyl (C=O) groups excluding carboxylic acids is 1. The van der Waals surface area contributed by atoms with Crippen molar-refractivity contribution in [2.24, 2.45) is 0 Å². The van der Waals surface area contributed by atoms with Crippen LogP contribution in [0.1, 0.15) is 30.1 Å². The van der Waals surface area contributed by atoms with Crippen molar-refractivity contribution in [2.75, 3.05) is 13.2 Å². The standard InChI is InChI=1S/C14H16ClNO5/c1-2-3-10(14(18)19)16-13(17)8-6-9(15)12-11(7-8)20-4-5-21-12/h6-7,10H,2-5H2,1H3,(H,16,17)(H,18,19)/t10-/m1/s1. The van der Waals surface area contributed by atoms with E-state index in [1.807, 2.05) is 6.92 Å². The maximum atomic E-state index is 12.1. The minimum absolute atomic E-state index is 0.242. The maximum Gasteiger partial charge on any atom is 0.326 e. The number of carboxylic acid groups (broad SMARTS) is 1. The van der Waals surface area contributed by atoms with E-state index in [-0.39, 0.29) is 10.6 Å². The molecule has 1 heterocycles. The maximum absolute atomic E-state index is 12.1. The van der Waals surface area contributed by atoms with Crippen LogP contribution in [0.5, 0.6) is 11.5 Å². The molecule has 2 N–H and O–H groups in total. The van der Waals surface area contributed by atoms with Crippen molar-refractivity contribution in [3.63, 3.8) is 0 Å². The van der Waals surface area contributed by atoms with Crippen molar-refractivity contribution >= 4 is 23.5 Å². The normalized spacial score (nSPS) is 14.4. The molecule has 0 aliphatic carbocycles. The SMILES string of the molecule is CCC[C@@H](NC(=O)c1cc(Cl)c2c(c1)OCCO2)C(=O)O. The molecule has 1 amide bonds. The van der Waals surface area contributed by atoms with E-state index in [1.165, 1.54) is 12.1 Å². The fourth-order valence-electron chi connectivity index (χ4n) is 2.03. The largest absolute Gasteiger partial charge is 0.486 e. The zero-order valence-corrected chi connectivity index (χ0v) is 12.3. The van der Waals surface area contributed by atoms with Crippen LogP contribution in [0.3, 0.4) is 0 Å². The molecule has 0 spiro atoms. The average Bonchev–Trinajstić information content (AvgIpc) is 2.46. The van der Waals surface area contributed by atoms with Gasteiger partial charge in [0.15, 0.2) is 11.5 Å². The molecule has 1 aromatic carbocycles. The summed E-state index contributed by atoms with van der Waals surface area (Å²) in [4.78, 5) is 23.2. The Morgan fingerprint density at radius 2 is 2.10 bits per heavy atom. The molecular weight excluding hydrogens is 298 g/mol. The fourth-order valence-corrected chi connectivity index (χ4v) is 2.29. The van der Waals surface area contributed by atoms with Gasteiger partial charge in [0.1, 0.15) is 19.3 Å². The third-order valence-electron chi connectivity index (χ3n) is 3.04. The average molecular weight is 314 g/mol. The molecule has 7 heteroatoms. The Hall–Kier alpha value is -1.95. The highest BCUT2D eigenvalue weighted by Gasteiger charge is 2.23. The topological polar surface area (TPSA) is 84.9 Å². The molecule has 1 aliphatic heterocycles. The number of carbonyl (C=O) groups is 2. The van der Waals surface area contributed by atoms with Gasteiger partial charge in [-0.1, -0.05) is 24.9 Å². The minimum atomic E-state index is -1.06. The lowest BCUT2D eigenvalue weighted by Gasteiger charge is -2.20. The zero-order valence-electron chi connectivity index (χ0n) is 11.5. The number of benzene rings is 1. The first-order chi connectivity index (χ1) is 10.0. The smallest absolute Gasteiger partial charge is 0.326 e. The number of ether oxygens (including phenoxy) is 2. The van der Waals surface area contributed by atoms with Crippen LogP contribution in [0.4, 0.5) is 0 Å². The second-order valence-electron chi connectivity index (χ2n) is 4.64. The van der Waals surface area contributed by atoms with Crippen molar-refractivity contribution in [3.8, 4) is 11.5 Å². The summed E-state index contributed by atoms with van der Waals surface area (Å²) in [7, 11) is 0. The van der Waals surface area contributed by atoms with Crippen molar-refractivity contribution in [1.29, 1.82) is 0 Å². The van der Waals surface area contributed by atoms with Gasteiger partial charge in [0.25, 0.3) is 5.91 Å². The lowest BCUT2D eigenvalue weighted by Crippen LogP contribution is -2.40. The Morgan fingerprint density at radius 1 is 1.38 bits per heavy atom. The van der Waals surface area contributed by atoms with Gasteiger partial charge in [-0.2, -0.15) is 0 Å². The van der Waals surface area contributed by atoms with Crippen molar-refractivity contribution < 1.29 is 24.2 Å². The molecule has 1 atom stereocenters. The molecule has 114 valence electrons. The first kappa shape index (κ1) is 15.4. The predicted molar refractivity (Wildman–Crippen MR) is 76.2 cm³/mol. The summed E-state index contributed by atoms with van der Waals surface area (Å²) in [6, 6.07) is 2.02. The summed E-state index contributed by atoms with van der Waals surface area (Å²) in [6.07, 6.45) is 1.01. The molecule has 0 bridgehead atoms. The number of aliphatic carboxylic acids is 1. The molecular formula is C14H16ClNO5. The van der Waals surface area contributed by atoms with Crippen molar-refractivity contribution in [3.05, 3.63) is 22.7 Å². The lowest BCUT2D eigenvalue weighted by atomic mass is 10.1. The van der Waals surface area contributed by atoms with Gasteiger partial charge in [-0.25, -0.2) is 4.79 Å². The van der Waals surface area contributed by atoms with Crippen LogP contribution in [0.2, 0.25) is 5.02 Å². The number of hydrogen-bond acceptors (Lipinski definition) is 4. The predicted octanol–water partition coefficient (Wildman–Crippen LogP) is 2.09. The number of nitrogens with one attached hydrogen (secondary N) is 1. The molecule has 2 rings (SSSR count). The zero-order chi connectivity index (χ0) is 15.4. The third-order valence-corrected chi connectivity index (χ3v) is 3.32. The van der Waals surface area contributed by atoms with Gasteiger partial charge in [0.05, 0.1) is 5.02 Å². The van der Waals surface area contributed by atoms with E-state index < -0.39 is 17.9 Å². The molecule has 0 saturated carbocycles. The molecule has 0 unspecified atom stereocenters. The summed E-state index contributed by atoms with van der Waals surface area (Å²) in [5.41, 5.74) is 0.242. The van der Waals surface area contributed by atoms with E-state index in [9.17, 15) is 9.59 Å². The summed E-state index contributed by atoms with van der Waals surface area (Å²) < 4.78 is 10.8. The first-order valence-electron chi connectivity index (χ1n) is 6.65. The Bertz CT molecular complexity index is 561. The Labute approximate surface area is 127 Å². The van der Waals surface area contributed by atoms with Crippen LogP contribution in [0, 0.1) is 0 Å². The number of carboxylic acids is 1. The van der Waals surface area contributed by atoms with Crippen LogP contribution in [-0.2, 0) is 4.79 Å². The molecule has 0 radical (unpaired) electrons. The summed E-state index contributed by atoms with van der Waals surface area (Å²) in [6.45, 7) is 2.63. The lowest BCUT2D eigenvalue weighted by molar-refractivity contribution is -0.139. The van der Waals surface area contributed by atoms with Crippen LogP contribution in [0.25, 0.3) is 0 Å². The van der Waals surface area contributed by atoms with Crippen LogP contribution < -0.4 is 14.8 Å². The fraction of sp³-hybridized carbons (Fsp3) is 0.429. The minimum Gasteiger partial charge on any atom is -0.486 e. The van der Waals surface area contributed by atoms with Crippen LogP contribution >= 0.6 is 11.6 Å². The number of rotatable bonds is 5. The monoisotopic (exact) mass is 313 g/mol. The molecule has 0 aromatic heterocycles. The van der Waals surface area contributed by atoms with Gasteiger partial charge in [0, 0.05) is 5.56 Å². The van der Waals surface area contributed by atoms with Gasteiger partial charge in [-0.05, 0) is 18.6 Å². The molecule has 1 aliphatic rings. The second-order valence-corrected chi connectivity index (χ2v) is 5.04. The quantitative estimate of drug-likeness (QED) is 0.869. The van der Waals surface area contributed by atoms with Crippen molar-refractivity contribution in [1.82, 2.24) is 5.32 Å². The Morgan fingerprint density at radius 3 is 2.76 bits per heavy atom. The van der Waals surface area contributed by atoms with Crippen molar-refractivity contribution in [2.45, 2.75) is 25.8 Å². The molecule has 1 aromatic rings. The van der Waals surface area contributed by atoms with E-state index in [1.54, 1.807) is 0 Å². The third kappa shape index (κ3) is 3.58. The van der Waals surface area contributed by atoms with E-state index in [2.05, 4.69) is 5.32 Å². The molecule has 0 fully saturated rings. The van der Waals surface area contributed by atoms with Crippen LogP contribution in [0.15, 0.2) is 12.1 Å². The highest BCUT2D eigenvalue weighted by atomic mass is 35.5. The molecule has 21 heavy (non-hydrogen) atoms. The highest BCUT2D eigenvalue weighted by Crippen LogP contribution is 2.38. The summed E-state index contributed by atoms with van der Waals surface area (Å²) in [5.74, 6) is -0.771. The van der Waals surface area contributed by atoms with E-state index in [0.717, 1.165) is 0 Å². The van der Waals surface area contributed by atoms with E-state index in [0.29, 0.717) is 37.6 Å². The Kier molecular flexibility index (Phi) is 4.90. The van der Waals surface area contributed by atoms with Gasteiger partial charge in [-0.3, -0.25) is 4.79 Å². The highest BCUT2D eigenvalue weighted by molar-refractivity contribution is 6.32.